The summed E-state index contributed by atoms with van der Waals surface area (Å²) in [6.45, 7) is 4.22. The second kappa shape index (κ2) is 6.12. The Morgan fingerprint density at radius 3 is 2.82 bits per heavy atom. The van der Waals surface area contributed by atoms with Gasteiger partial charge in [-0.2, -0.15) is 0 Å². The lowest BCUT2D eigenvalue weighted by Gasteiger charge is -2.27. The SMILES string of the molecule is CN(Cc1cccc(F)c1)CC1CCNCC1. The molecule has 0 amide bonds. The lowest BCUT2D eigenvalue weighted by Crippen LogP contribution is -2.34. The highest BCUT2D eigenvalue weighted by molar-refractivity contribution is 5.16. The van der Waals surface area contributed by atoms with E-state index in [4.69, 9.17) is 0 Å². The van der Waals surface area contributed by atoms with E-state index >= 15 is 0 Å². The van der Waals surface area contributed by atoms with Gasteiger partial charge in [0.25, 0.3) is 0 Å². The van der Waals surface area contributed by atoms with Gasteiger partial charge in [0, 0.05) is 13.1 Å². The molecule has 0 saturated carbocycles. The van der Waals surface area contributed by atoms with E-state index in [9.17, 15) is 4.39 Å². The van der Waals surface area contributed by atoms with Crippen molar-refractivity contribution in [2.75, 3.05) is 26.7 Å². The van der Waals surface area contributed by atoms with Crippen LogP contribution in [0.1, 0.15) is 18.4 Å². The van der Waals surface area contributed by atoms with Crippen LogP contribution in [0.4, 0.5) is 4.39 Å². The van der Waals surface area contributed by atoms with Gasteiger partial charge in [-0.3, -0.25) is 0 Å². The van der Waals surface area contributed by atoms with Gasteiger partial charge < -0.3 is 10.2 Å². The molecule has 0 radical (unpaired) electrons. The third kappa shape index (κ3) is 4.10. The normalized spacial score (nSPS) is 17.6. The Hall–Kier alpha value is -0.930. The third-order valence-corrected chi connectivity index (χ3v) is 3.37. The van der Waals surface area contributed by atoms with E-state index in [1.165, 1.54) is 18.9 Å². The molecule has 0 bridgehead atoms. The number of nitrogens with one attached hydrogen (secondary N) is 1. The van der Waals surface area contributed by atoms with Gasteiger partial charge in [0.05, 0.1) is 0 Å². The molecule has 1 N–H and O–H groups in total. The molecule has 3 heteroatoms. The molecule has 0 spiro atoms. The molecule has 1 aromatic rings. The number of nitrogens with zero attached hydrogens (tertiary/aromatic N) is 1. The van der Waals surface area contributed by atoms with Crippen molar-refractivity contribution in [1.82, 2.24) is 10.2 Å². The smallest absolute Gasteiger partial charge is 0.123 e. The Kier molecular flexibility index (Phi) is 4.51. The highest BCUT2D eigenvalue weighted by atomic mass is 19.1. The van der Waals surface area contributed by atoms with Crippen molar-refractivity contribution in [2.45, 2.75) is 19.4 Å². The molecule has 0 unspecified atom stereocenters. The molecule has 0 aromatic heterocycles. The van der Waals surface area contributed by atoms with E-state index in [2.05, 4.69) is 17.3 Å². The summed E-state index contributed by atoms with van der Waals surface area (Å²) in [5, 5.41) is 3.38. The van der Waals surface area contributed by atoms with Gasteiger partial charge >= 0.3 is 0 Å². The van der Waals surface area contributed by atoms with Crippen LogP contribution in [0.3, 0.4) is 0 Å². The molecule has 1 aromatic carbocycles. The van der Waals surface area contributed by atoms with Crippen molar-refractivity contribution in [3.05, 3.63) is 35.6 Å². The summed E-state index contributed by atoms with van der Waals surface area (Å²) < 4.78 is 13.0. The quantitative estimate of drug-likeness (QED) is 0.862. The largest absolute Gasteiger partial charge is 0.317 e. The molecular weight excluding hydrogens is 215 g/mol. The van der Waals surface area contributed by atoms with Crippen LogP contribution in [0, 0.1) is 11.7 Å². The van der Waals surface area contributed by atoms with Crippen LogP contribution in [0.25, 0.3) is 0 Å². The first kappa shape index (κ1) is 12.5. The molecule has 1 aliphatic rings. The summed E-state index contributed by atoms with van der Waals surface area (Å²) >= 11 is 0. The van der Waals surface area contributed by atoms with Crippen molar-refractivity contribution in [1.29, 1.82) is 0 Å². The van der Waals surface area contributed by atoms with Gasteiger partial charge in [0.2, 0.25) is 0 Å². The second-order valence-corrected chi connectivity index (χ2v) is 5.02. The standard InChI is InChI=1S/C14H21FN2/c1-17(10-12-5-7-16-8-6-12)11-13-3-2-4-14(15)9-13/h2-4,9,12,16H,5-8,10-11H2,1H3. The maximum atomic E-state index is 13.0. The molecule has 0 atom stereocenters. The molecule has 1 saturated heterocycles. The van der Waals surface area contributed by atoms with E-state index in [1.54, 1.807) is 12.1 Å². The Bertz CT molecular complexity index is 348. The maximum absolute atomic E-state index is 13.0. The molecule has 0 aliphatic carbocycles. The van der Waals surface area contributed by atoms with Gasteiger partial charge in [0.15, 0.2) is 0 Å². The Morgan fingerprint density at radius 2 is 2.12 bits per heavy atom. The van der Waals surface area contributed by atoms with Gasteiger partial charge in [0.1, 0.15) is 5.82 Å². The summed E-state index contributed by atoms with van der Waals surface area (Å²) in [5.74, 6) is 0.646. The lowest BCUT2D eigenvalue weighted by atomic mass is 9.97. The van der Waals surface area contributed by atoms with Crippen molar-refractivity contribution < 1.29 is 4.39 Å². The zero-order valence-electron chi connectivity index (χ0n) is 10.5. The summed E-state index contributed by atoms with van der Waals surface area (Å²) in [4.78, 5) is 2.30. The van der Waals surface area contributed by atoms with Crippen LogP contribution < -0.4 is 5.32 Å². The fraction of sp³-hybridized carbons (Fsp3) is 0.571. The molecule has 1 aliphatic heterocycles. The van der Waals surface area contributed by atoms with Gasteiger partial charge in [-0.1, -0.05) is 12.1 Å². The summed E-state index contributed by atoms with van der Waals surface area (Å²) in [6, 6.07) is 6.89. The van der Waals surface area contributed by atoms with Gasteiger partial charge in [-0.15, -0.1) is 0 Å². The van der Waals surface area contributed by atoms with Gasteiger partial charge in [-0.25, -0.2) is 4.39 Å². The molecule has 1 fully saturated rings. The fourth-order valence-electron chi connectivity index (χ4n) is 2.52. The maximum Gasteiger partial charge on any atom is 0.123 e. The molecule has 1 heterocycles. The average molecular weight is 236 g/mol. The Labute approximate surface area is 103 Å². The highest BCUT2D eigenvalue weighted by Crippen LogP contribution is 2.14. The first-order valence-corrected chi connectivity index (χ1v) is 6.38. The third-order valence-electron chi connectivity index (χ3n) is 3.37. The number of piperidine rings is 1. The second-order valence-electron chi connectivity index (χ2n) is 5.02. The fourth-order valence-corrected chi connectivity index (χ4v) is 2.52. The minimum absolute atomic E-state index is 0.141. The monoisotopic (exact) mass is 236 g/mol. The average Bonchev–Trinajstić information content (AvgIpc) is 2.30. The van der Waals surface area contributed by atoms with Crippen LogP contribution >= 0.6 is 0 Å². The van der Waals surface area contributed by atoms with Crippen molar-refractivity contribution in [3.63, 3.8) is 0 Å². The van der Waals surface area contributed by atoms with Crippen LogP contribution in [-0.2, 0) is 6.54 Å². The van der Waals surface area contributed by atoms with Crippen molar-refractivity contribution in [3.8, 4) is 0 Å². The predicted molar refractivity (Wildman–Crippen MR) is 68.3 cm³/mol. The topological polar surface area (TPSA) is 15.3 Å². The molecular formula is C14H21FN2. The zero-order valence-corrected chi connectivity index (χ0v) is 10.5. The van der Waals surface area contributed by atoms with Crippen LogP contribution in [0.2, 0.25) is 0 Å². The summed E-state index contributed by atoms with van der Waals surface area (Å²) in [5.41, 5.74) is 1.06. The number of benzene rings is 1. The van der Waals surface area contributed by atoms with Crippen molar-refractivity contribution >= 4 is 0 Å². The summed E-state index contributed by atoms with van der Waals surface area (Å²) in [7, 11) is 2.12. The van der Waals surface area contributed by atoms with E-state index < -0.39 is 0 Å². The molecule has 94 valence electrons. The Morgan fingerprint density at radius 1 is 1.35 bits per heavy atom. The number of hydrogen-bond donors (Lipinski definition) is 1. The van der Waals surface area contributed by atoms with Crippen LogP contribution in [0.15, 0.2) is 24.3 Å². The highest BCUT2D eigenvalue weighted by Gasteiger charge is 2.14. The first-order chi connectivity index (χ1) is 8.24. The number of rotatable bonds is 4. The first-order valence-electron chi connectivity index (χ1n) is 6.38. The Balaban J connectivity index is 1.82. The molecule has 17 heavy (non-hydrogen) atoms. The van der Waals surface area contributed by atoms with Gasteiger partial charge in [-0.05, 0) is 56.6 Å². The van der Waals surface area contributed by atoms with Crippen LogP contribution in [-0.4, -0.2) is 31.6 Å². The zero-order chi connectivity index (χ0) is 12.1. The lowest BCUT2D eigenvalue weighted by molar-refractivity contribution is 0.234. The summed E-state index contributed by atoms with van der Waals surface area (Å²) in [6.07, 6.45) is 2.51. The number of halogens is 1. The minimum atomic E-state index is -0.141. The predicted octanol–water partition coefficient (Wildman–Crippen LogP) is 2.26. The van der Waals surface area contributed by atoms with E-state index in [0.29, 0.717) is 0 Å². The van der Waals surface area contributed by atoms with Crippen molar-refractivity contribution in [2.24, 2.45) is 5.92 Å². The van der Waals surface area contributed by atoms with Crippen LogP contribution in [0.5, 0.6) is 0 Å². The minimum Gasteiger partial charge on any atom is -0.317 e. The van der Waals surface area contributed by atoms with E-state index in [-0.39, 0.29) is 5.82 Å². The van der Waals surface area contributed by atoms with E-state index in [0.717, 1.165) is 37.7 Å². The van der Waals surface area contributed by atoms with E-state index in [1.807, 2.05) is 6.07 Å². The molecule has 2 nitrogen and oxygen atoms in total. The number of hydrogen-bond acceptors (Lipinski definition) is 2. The molecule has 2 rings (SSSR count).